The molecule has 2 heterocycles. The Morgan fingerprint density at radius 3 is 2.62 bits per heavy atom. The first-order valence-corrected chi connectivity index (χ1v) is 8.26. The molecule has 0 aliphatic heterocycles. The van der Waals surface area contributed by atoms with Gasteiger partial charge in [-0.1, -0.05) is 29.8 Å². The van der Waals surface area contributed by atoms with E-state index in [1.54, 1.807) is 26.1 Å². The third kappa shape index (κ3) is 3.31. The Hall–Kier alpha value is -2.41. The number of alkyl halides is 2. The van der Waals surface area contributed by atoms with Crippen molar-refractivity contribution >= 4 is 22.5 Å². The van der Waals surface area contributed by atoms with E-state index in [1.165, 1.54) is 12.1 Å². The molecule has 1 unspecified atom stereocenters. The van der Waals surface area contributed by atoms with Crippen LogP contribution in [0.15, 0.2) is 35.5 Å². The summed E-state index contributed by atoms with van der Waals surface area (Å²) in [7, 11) is 1.83. The Morgan fingerprint density at radius 2 is 1.92 bits per heavy atom. The molecule has 2 aromatic heterocycles. The fourth-order valence-corrected chi connectivity index (χ4v) is 2.90. The number of aryl methyl sites for hydroxylation is 2. The number of hydrogen-bond acceptors (Lipinski definition) is 3. The van der Waals surface area contributed by atoms with Crippen molar-refractivity contribution in [2.45, 2.75) is 26.3 Å². The fourth-order valence-electron chi connectivity index (χ4n) is 2.74. The number of rotatable bonds is 3. The van der Waals surface area contributed by atoms with Crippen molar-refractivity contribution in [2.75, 3.05) is 0 Å². The maximum Gasteiger partial charge on any atom is 0.266 e. The van der Waals surface area contributed by atoms with Gasteiger partial charge in [0.2, 0.25) is 0 Å². The number of aromatic nitrogens is 3. The molecule has 0 bridgehead atoms. The second-order valence-corrected chi connectivity index (χ2v) is 6.31. The third-order valence-electron chi connectivity index (χ3n) is 4.26. The molecular weight excluding hydrogens is 365 g/mol. The lowest BCUT2D eigenvalue weighted by Gasteiger charge is -2.13. The highest BCUT2D eigenvalue weighted by molar-refractivity contribution is 6.30. The molecule has 0 fully saturated rings. The summed E-state index contributed by atoms with van der Waals surface area (Å²) in [4.78, 5) is 13.0. The minimum Gasteiger partial charge on any atom is -0.331 e. The van der Waals surface area contributed by atoms with Gasteiger partial charge in [0.1, 0.15) is 16.8 Å². The summed E-state index contributed by atoms with van der Waals surface area (Å²) in [6.45, 7) is 3.43. The lowest BCUT2D eigenvalue weighted by atomic mass is 10.0. The van der Waals surface area contributed by atoms with E-state index >= 15 is 0 Å². The standard InChI is InChI=1S/C18H16ClF3N4/c1-9(11-5-4-6-12(16(11)20)17(21)22)24-18-13-7-15(19)23-8-14(13)26(3)10(2)25-18/h4-9,17H,1-3H3/b24-18-. The number of nitrogens with zero attached hydrogens (tertiary/aromatic N) is 4. The van der Waals surface area contributed by atoms with Gasteiger partial charge in [0.05, 0.1) is 23.3 Å². The lowest BCUT2D eigenvalue weighted by Crippen LogP contribution is -2.18. The summed E-state index contributed by atoms with van der Waals surface area (Å²) in [6.07, 6.45) is -1.28. The first-order valence-electron chi connectivity index (χ1n) is 7.88. The molecule has 3 aromatic rings. The highest BCUT2D eigenvalue weighted by Crippen LogP contribution is 2.28. The number of halogens is 4. The van der Waals surface area contributed by atoms with Crippen LogP contribution in [0.3, 0.4) is 0 Å². The summed E-state index contributed by atoms with van der Waals surface area (Å²) >= 11 is 5.98. The van der Waals surface area contributed by atoms with Crippen molar-refractivity contribution in [3.63, 3.8) is 0 Å². The van der Waals surface area contributed by atoms with Gasteiger partial charge in [-0.3, -0.25) is 4.99 Å². The first-order chi connectivity index (χ1) is 12.3. The topological polar surface area (TPSA) is 43.1 Å². The Labute approximate surface area is 153 Å². The molecule has 136 valence electrons. The van der Waals surface area contributed by atoms with Gasteiger partial charge >= 0.3 is 0 Å². The molecule has 0 spiro atoms. The first kappa shape index (κ1) is 18.4. The van der Waals surface area contributed by atoms with Crippen molar-refractivity contribution < 1.29 is 13.2 Å². The molecule has 0 aliphatic rings. The summed E-state index contributed by atoms with van der Waals surface area (Å²) in [5.74, 6) is -0.268. The van der Waals surface area contributed by atoms with Gasteiger partial charge in [-0.25, -0.2) is 23.1 Å². The third-order valence-corrected chi connectivity index (χ3v) is 4.47. The largest absolute Gasteiger partial charge is 0.331 e. The van der Waals surface area contributed by atoms with Crippen LogP contribution in [0.4, 0.5) is 13.2 Å². The summed E-state index contributed by atoms with van der Waals surface area (Å²) < 4.78 is 42.1. The van der Waals surface area contributed by atoms with Gasteiger partial charge in [-0.05, 0) is 19.9 Å². The summed E-state index contributed by atoms with van der Waals surface area (Å²) in [5.41, 5.74) is 0.568. The van der Waals surface area contributed by atoms with Crippen LogP contribution in [0, 0.1) is 12.7 Å². The highest BCUT2D eigenvalue weighted by Gasteiger charge is 2.19. The van der Waals surface area contributed by atoms with Crippen molar-refractivity contribution in [1.29, 1.82) is 0 Å². The van der Waals surface area contributed by atoms with Gasteiger partial charge in [-0.15, -0.1) is 0 Å². The van der Waals surface area contributed by atoms with Crippen LogP contribution in [-0.4, -0.2) is 14.5 Å². The fraction of sp³-hybridized carbons (Fsp3) is 0.278. The molecule has 0 amide bonds. The van der Waals surface area contributed by atoms with E-state index in [2.05, 4.69) is 15.0 Å². The molecule has 1 aromatic carbocycles. The molecular formula is C18H16ClF3N4. The van der Waals surface area contributed by atoms with E-state index in [9.17, 15) is 13.2 Å². The second-order valence-electron chi connectivity index (χ2n) is 5.92. The minimum atomic E-state index is -2.89. The maximum absolute atomic E-state index is 14.4. The van der Waals surface area contributed by atoms with E-state index in [-0.39, 0.29) is 10.7 Å². The number of fused-ring (bicyclic) bond motifs is 1. The Morgan fingerprint density at radius 1 is 1.23 bits per heavy atom. The normalized spacial score (nSPS) is 13.6. The zero-order valence-electron chi connectivity index (χ0n) is 14.3. The van der Waals surface area contributed by atoms with Crippen LogP contribution >= 0.6 is 11.6 Å². The van der Waals surface area contributed by atoms with Crippen LogP contribution in [0.2, 0.25) is 5.15 Å². The molecule has 26 heavy (non-hydrogen) atoms. The van der Waals surface area contributed by atoms with Crippen molar-refractivity contribution in [3.8, 4) is 0 Å². The molecule has 0 aliphatic carbocycles. The smallest absolute Gasteiger partial charge is 0.266 e. The van der Waals surface area contributed by atoms with E-state index in [0.717, 1.165) is 11.6 Å². The van der Waals surface area contributed by atoms with Crippen molar-refractivity contribution in [1.82, 2.24) is 14.5 Å². The molecule has 3 rings (SSSR count). The van der Waals surface area contributed by atoms with Gasteiger partial charge in [0, 0.05) is 18.0 Å². The van der Waals surface area contributed by atoms with Gasteiger partial charge in [0.15, 0.2) is 5.49 Å². The molecule has 0 N–H and O–H groups in total. The van der Waals surface area contributed by atoms with Crippen LogP contribution in [0.5, 0.6) is 0 Å². The predicted molar refractivity (Wildman–Crippen MR) is 93.6 cm³/mol. The van der Waals surface area contributed by atoms with Crippen molar-refractivity contribution in [3.05, 3.63) is 63.9 Å². The average Bonchev–Trinajstić information content (AvgIpc) is 2.59. The zero-order valence-corrected chi connectivity index (χ0v) is 15.1. The SMILES string of the molecule is Cc1n/c(=N\C(C)c2cccc(C(F)F)c2F)c2cc(Cl)ncc2n1C. The monoisotopic (exact) mass is 380 g/mol. The predicted octanol–water partition coefficient (Wildman–Crippen LogP) is 4.67. The van der Waals surface area contributed by atoms with Gasteiger partial charge in [-0.2, -0.15) is 0 Å². The molecule has 4 nitrogen and oxygen atoms in total. The lowest BCUT2D eigenvalue weighted by molar-refractivity contribution is 0.146. The van der Waals surface area contributed by atoms with E-state index in [0.29, 0.717) is 16.7 Å². The molecule has 0 radical (unpaired) electrons. The molecule has 0 saturated carbocycles. The summed E-state index contributed by atoms with van der Waals surface area (Å²) in [6, 6.07) is 4.84. The van der Waals surface area contributed by atoms with Crippen LogP contribution < -0.4 is 5.49 Å². The molecule has 0 saturated heterocycles. The zero-order chi connectivity index (χ0) is 19.0. The number of benzene rings is 1. The van der Waals surface area contributed by atoms with E-state index < -0.39 is 23.8 Å². The summed E-state index contributed by atoms with van der Waals surface area (Å²) in [5, 5.41) is 0.925. The molecule has 1 atom stereocenters. The number of hydrogen-bond donors (Lipinski definition) is 0. The van der Waals surface area contributed by atoms with E-state index in [4.69, 9.17) is 11.6 Å². The highest BCUT2D eigenvalue weighted by atomic mass is 35.5. The van der Waals surface area contributed by atoms with Crippen molar-refractivity contribution in [2.24, 2.45) is 12.0 Å². The Kier molecular flexibility index (Phi) is 5.00. The number of pyridine rings is 1. The average molecular weight is 381 g/mol. The Balaban J connectivity index is 2.21. The van der Waals surface area contributed by atoms with E-state index in [1.807, 2.05) is 11.6 Å². The van der Waals surface area contributed by atoms with Crippen LogP contribution in [0.25, 0.3) is 10.9 Å². The maximum atomic E-state index is 14.4. The van der Waals surface area contributed by atoms with Gasteiger partial charge < -0.3 is 4.57 Å². The van der Waals surface area contributed by atoms with Gasteiger partial charge in [0.25, 0.3) is 6.43 Å². The molecule has 8 heteroatoms. The quantitative estimate of drug-likeness (QED) is 0.620. The van der Waals surface area contributed by atoms with Crippen LogP contribution in [-0.2, 0) is 7.05 Å². The Bertz CT molecular complexity index is 1050. The second kappa shape index (κ2) is 7.07. The van der Waals surface area contributed by atoms with Crippen LogP contribution in [0.1, 0.15) is 36.3 Å². The minimum absolute atomic E-state index is 0.0868.